The molecule has 1 aromatic carbocycles. The van der Waals surface area contributed by atoms with Gasteiger partial charge in [0.15, 0.2) is 0 Å². The fourth-order valence-corrected chi connectivity index (χ4v) is 3.49. The monoisotopic (exact) mass is 372 g/mol. The molecule has 5 nitrogen and oxygen atoms in total. The van der Waals surface area contributed by atoms with Crippen molar-refractivity contribution in [1.82, 2.24) is 20.3 Å². The maximum Gasteiger partial charge on any atom is 0.271 e. The largest absolute Gasteiger partial charge is 0.338 e. The van der Waals surface area contributed by atoms with Crippen LogP contribution in [0, 0.1) is 0 Å². The van der Waals surface area contributed by atoms with E-state index in [4.69, 9.17) is 0 Å². The summed E-state index contributed by atoms with van der Waals surface area (Å²) in [5.74, 6) is -0.243. The van der Waals surface area contributed by atoms with Crippen LogP contribution in [0.4, 0.5) is 0 Å². The maximum absolute atomic E-state index is 12.8. The van der Waals surface area contributed by atoms with Crippen LogP contribution >= 0.6 is 11.3 Å². The highest BCUT2D eigenvalue weighted by Crippen LogP contribution is 2.23. The summed E-state index contributed by atoms with van der Waals surface area (Å²) in [6.07, 6.45) is 3.43. The van der Waals surface area contributed by atoms with E-state index in [9.17, 15) is 4.79 Å². The second-order valence-corrected chi connectivity index (χ2v) is 6.68. The second kappa shape index (κ2) is 7.88. The van der Waals surface area contributed by atoms with Crippen LogP contribution in [0.5, 0.6) is 0 Å². The summed E-state index contributed by atoms with van der Waals surface area (Å²) >= 11 is 1.40. The van der Waals surface area contributed by atoms with Crippen molar-refractivity contribution in [2.45, 2.75) is 6.04 Å². The van der Waals surface area contributed by atoms with Crippen molar-refractivity contribution in [3.63, 3.8) is 0 Å². The zero-order chi connectivity index (χ0) is 18.5. The number of amides is 1. The number of pyridine rings is 2. The van der Waals surface area contributed by atoms with Gasteiger partial charge in [-0.1, -0.05) is 42.5 Å². The molecular formula is C21H16N4OS. The van der Waals surface area contributed by atoms with Crippen LogP contribution in [-0.4, -0.2) is 20.9 Å². The van der Waals surface area contributed by atoms with Crippen molar-refractivity contribution in [2.24, 2.45) is 0 Å². The molecule has 6 heteroatoms. The number of carbonyl (C=O) groups is 1. The highest BCUT2D eigenvalue weighted by Gasteiger charge is 2.20. The lowest BCUT2D eigenvalue weighted by atomic mass is 10.0. The molecule has 0 unspecified atom stereocenters. The molecule has 1 N–H and O–H groups in total. The molecule has 27 heavy (non-hydrogen) atoms. The standard InChI is InChI=1S/C21H16N4OS/c26-20(18-14-27-21(24-18)17-11-5-7-13-23-17)25-19(15-8-2-1-3-9-15)16-10-4-6-12-22-16/h1-14,19H,(H,25,26)/t19-/m1/s1. The molecule has 0 aliphatic rings. The third-order valence-electron chi connectivity index (χ3n) is 4.01. The number of aromatic nitrogens is 3. The third kappa shape index (κ3) is 3.91. The Bertz CT molecular complexity index is 980. The highest BCUT2D eigenvalue weighted by molar-refractivity contribution is 7.13. The summed E-state index contributed by atoms with van der Waals surface area (Å²) in [4.78, 5) is 26.0. The van der Waals surface area contributed by atoms with Crippen LogP contribution in [0.25, 0.3) is 10.7 Å². The molecule has 0 fully saturated rings. The fourth-order valence-electron chi connectivity index (χ4n) is 2.71. The molecule has 3 heterocycles. The third-order valence-corrected chi connectivity index (χ3v) is 4.88. The lowest BCUT2D eigenvalue weighted by Crippen LogP contribution is -2.30. The first kappa shape index (κ1) is 17.1. The van der Waals surface area contributed by atoms with E-state index in [1.54, 1.807) is 17.8 Å². The molecule has 0 saturated heterocycles. The van der Waals surface area contributed by atoms with Crippen molar-refractivity contribution < 1.29 is 4.79 Å². The van der Waals surface area contributed by atoms with Crippen LogP contribution < -0.4 is 5.32 Å². The summed E-state index contributed by atoms with van der Waals surface area (Å²) in [6.45, 7) is 0. The number of benzene rings is 1. The number of hydrogen-bond acceptors (Lipinski definition) is 5. The Morgan fingerprint density at radius 2 is 1.63 bits per heavy atom. The Kier molecular flexibility index (Phi) is 4.98. The quantitative estimate of drug-likeness (QED) is 0.572. The molecule has 4 rings (SSSR count). The van der Waals surface area contributed by atoms with Crippen molar-refractivity contribution in [1.29, 1.82) is 0 Å². The number of hydrogen-bond donors (Lipinski definition) is 1. The van der Waals surface area contributed by atoms with Crippen molar-refractivity contribution in [3.05, 3.63) is 101 Å². The van der Waals surface area contributed by atoms with Gasteiger partial charge in [0.2, 0.25) is 0 Å². The Hall–Kier alpha value is -3.38. The van der Waals surface area contributed by atoms with Gasteiger partial charge in [0.25, 0.3) is 5.91 Å². The summed E-state index contributed by atoms with van der Waals surface area (Å²) < 4.78 is 0. The molecule has 0 spiro atoms. The van der Waals surface area contributed by atoms with E-state index in [2.05, 4.69) is 20.3 Å². The summed E-state index contributed by atoms with van der Waals surface area (Å²) in [5.41, 5.74) is 2.87. The van der Waals surface area contributed by atoms with E-state index in [-0.39, 0.29) is 11.9 Å². The van der Waals surface area contributed by atoms with Gasteiger partial charge < -0.3 is 5.32 Å². The van der Waals surface area contributed by atoms with Gasteiger partial charge in [-0.2, -0.15) is 0 Å². The fraction of sp³-hybridized carbons (Fsp3) is 0.0476. The summed E-state index contributed by atoms with van der Waals surface area (Å²) in [5, 5.41) is 5.52. The Labute approximate surface area is 160 Å². The minimum Gasteiger partial charge on any atom is -0.338 e. The lowest BCUT2D eigenvalue weighted by Gasteiger charge is -2.18. The first-order valence-electron chi connectivity index (χ1n) is 8.45. The maximum atomic E-state index is 12.8. The predicted molar refractivity (Wildman–Crippen MR) is 105 cm³/mol. The van der Waals surface area contributed by atoms with Gasteiger partial charge in [-0.05, 0) is 29.8 Å². The van der Waals surface area contributed by atoms with Gasteiger partial charge in [0.1, 0.15) is 10.7 Å². The topological polar surface area (TPSA) is 67.8 Å². The Morgan fingerprint density at radius 1 is 0.889 bits per heavy atom. The van der Waals surface area contributed by atoms with Crippen LogP contribution in [0.15, 0.2) is 84.5 Å². The predicted octanol–water partition coefficient (Wildman–Crippen LogP) is 4.12. The highest BCUT2D eigenvalue weighted by atomic mass is 32.1. The molecule has 0 bridgehead atoms. The van der Waals surface area contributed by atoms with Crippen molar-refractivity contribution in [2.75, 3.05) is 0 Å². The number of nitrogens with one attached hydrogen (secondary N) is 1. The van der Waals surface area contributed by atoms with Crippen molar-refractivity contribution >= 4 is 17.2 Å². The van der Waals surface area contributed by atoms with E-state index in [1.165, 1.54) is 11.3 Å². The first-order valence-corrected chi connectivity index (χ1v) is 9.33. The average molecular weight is 372 g/mol. The minimum atomic E-state index is -0.347. The van der Waals surface area contributed by atoms with Crippen molar-refractivity contribution in [3.8, 4) is 10.7 Å². The van der Waals surface area contributed by atoms with Crippen LogP contribution in [0.1, 0.15) is 27.8 Å². The molecule has 4 aromatic rings. The van der Waals surface area contributed by atoms with E-state index < -0.39 is 0 Å². The molecular weight excluding hydrogens is 356 g/mol. The molecule has 0 aliphatic carbocycles. The van der Waals surface area contributed by atoms with Crippen LogP contribution in [0.3, 0.4) is 0 Å². The van der Waals surface area contributed by atoms with Crippen LogP contribution in [-0.2, 0) is 0 Å². The average Bonchev–Trinajstić information content (AvgIpc) is 3.24. The SMILES string of the molecule is O=C(N[C@H](c1ccccc1)c1ccccn1)c1csc(-c2ccccn2)n1. The van der Waals surface area contributed by atoms with E-state index >= 15 is 0 Å². The molecule has 132 valence electrons. The number of rotatable bonds is 5. The first-order chi connectivity index (χ1) is 13.3. The van der Waals surface area contributed by atoms with Crippen LogP contribution in [0.2, 0.25) is 0 Å². The molecule has 0 aliphatic heterocycles. The second-order valence-electron chi connectivity index (χ2n) is 5.82. The van der Waals surface area contributed by atoms with Gasteiger partial charge >= 0.3 is 0 Å². The van der Waals surface area contributed by atoms with Gasteiger partial charge in [-0.15, -0.1) is 11.3 Å². The van der Waals surface area contributed by atoms with E-state index in [1.807, 2.05) is 66.7 Å². The number of thiazole rings is 1. The van der Waals surface area contributed by atoms with Gasteiger partial charge in [0.05, 0.1) is 17.4 Å². The smallest absolute Gasteiger partial charge is 0.271 e. The van der Waals surface area contributed by atoms with Gasteiger partial charge in [0, 0.05) is 17.8 Å². The zero-order valence-electron chi connectivity index (χ0n) is 14.3. The lowest BCUT2D eigenvalue weighted by molar-refractivity contribution is 0.0938. The zero-order valence-corrected chi connectivity index (χ0v) is 15.1. The van der Waals surface area contributed by atoms with Gasteiger partial charge in [-0.25, -0.2) is 4.98 Å². The van der Waals surface area contributed by atoms with E-state index in [0.29, 0.717) is 5.69 Å². The molecule has 0 radical (unpaired) electrons. The molecule has 0 saturated carbocycles. The Morgan fingerprint density at radius 3 is 2.33 bits per heavy atom. The number of carbonyl (C=O) groups excluding carboxylic acids is 1. The normalized spacial score (nSPS) is 11.7. The summed E-state index contributed by atoms with van der Waals surface area (Å²) in [7, 11) is 0. The van der Waals surface area contributed by atoms with E-state index in [0.717, 1.165) is 22.0 Å². The Balaban J connectivity index is 1.60. The molecule has 1 atom stereocenters. The minimum absolute atomic E-state index is 0.243. The van der Waals surface area contributed by atoms with Gasteiger partial charge in [-0.3, -0.25) is 14.8 Å². The summed E-state index contributed by atoms with van der Waals surface area (Å²) in [6, 6.07) is 20.7. The molecule has 3 aromatic heterocycles. The number of nitrogens with zero attached hydrogens (tertiary/aromatic N) is 3. The molecule has 1 amide bonds.